The zero-order chi connectivity index (χ0) is 21.0. The molecule has 0 heterocycles. The highest BCUT2D eigenvalue weighted by Crippen LogP contribution is 2.29. The van der Waals surface area contributed by atoms with Crippen molar-refractivity contribution in [2.45, 2.75) is 25.8 Å². The van der Waals surface area contributed by atoms with E-state index in [-0.39, 0.29) is 30.9 Å². The maximum absolute atomic E-state index is 12.8. The average molecular weight is 434 g/mol. The van der Waals surface area contributed by atoms with Crippen LogP contribution < -0.4 is 10.6 Å². The minimum Gasteiger partial charge on any atom is -0.345 e. The molecule has 1 aliphatic rings. The van der Waals surface area contributed by atoms with Gasteiger partial charge in [-0.2, -0.15) is 0 Å². The Morgan fingerprint density at radius 2 is 1.72 bits per heavy atom. The average Bonchev–Trinajstić information content (AvgIpc) is 3.48. The van der Waals surface area contributed by atoms with Gasteiger partial charge in [0.2, 0.25) is 11.8 Å². The SMILES string of the molecule is Cc1cccc(NC(=O)CNC(=O)CN(C(=O)c2cc(Cl)cc(Cl)c2)C2CC2)c1. The van der Waals surface area contributed by atoms with Gasteiger partial charge in [0.05, 0.1) is 6.54 Å². The van der Waals surface area contributed by atoms with Crippen molar-refractivity contribution >= 4 is 46.6 Å². The zero-order valence-corrected chi connectivity index (χ0v) is 17.4. The fourth-order valence-corrected chi connectivity index (χ4v) is 3.44. The highest BCUT2D eigenvalue weighted by Gasteiger charge is 2.34. The minimum atomic E-state index is -0.405. The van der Waals surface area contributed by atoms with Crippen molar-refractivity contribution in [2.75, 3.05) is 18.4 Å². The van der Waals surface area contributed by atoms with E-state index in [9.17, 15) is 14.4 Å². The van der Waals surface area contributed by atoms with Crippen LogP contribution >= 0.6 is 23.2 Å². The number of nitrogens with one attached hydrogen (secondary N) is 2. The molecule has 1 fully saturated rings. The number of halogens is 2. The Morgan fingerprint density at radius 1 is 1.03 bits per heavy atom. The Balaban J connectivity index is 1.56. The standard InChI is InChI=1S/C21H21Cl2N3O3/c1-13-3-2-4-17(7-13)25-19(27)11-24-20(28)12-26(18-5-6-18)21(29)14-8-15(22)10-16(23)9-14/h2-4,7-10,18H,5-6,11-12H2,1H3,(H,24,28)(H,25,27). The first kappa shape index (κ1) is 21.1. The number of nitrogens with zero attached hydrogens (tertiary/aromatic N) is 1. The Morgan fingerprint density at radius 3 is 2.34 bits per heavy atom. The third-order valence-corrected chi connectivity index (χ3v) is 4.86. The Kier molecular flexibility index (Phi) is 6.77. The molecule has 0 aliphatic heterocycles. The lowest BCUT2D eigenvalue weighted by atomic mass is 10.2. The van der Waals surface area contributed by atoms with Gasteiger partial charge < -0.3 is 15.5 Å². The summed E-state index contributed by atoms with van der Waals surface area (Å²) >= 11 is 12.0. The maximum Gasteiger partial charge on any atom is 0.254 e. The molecule has 2 aromatic carbocycles. The number of hydrogen-bond donors (Lipinski definition) is 2. The third kappa shape index (κ3) is 6.21. The molecule has 152 valence electrons. The lowest BCUT2D eigenvalue weighted by Crippen LogP contribution is -2.43. The van der Waals surface area contributed by atoms with Crippen molar-refractivity contribution in [3.63, 3.8) is 0 Å². The number of hydrogen-bond acceptors (Lipinski definition) is 3. The summed E-state index contributed by atoms with van der Waals surface area (Å²) in [5, 5.41) is 6.00. The molecule has 2 N–H and O–H groups in total. The van der Waals surface area contributed by atoms with Crippen LogP contribution in [0.2, 0.25) is 10.0 Å². The summed E-state index contributed by atoms with van der Waals surface area (Å²) in [4.78, 5) is 38.7. The minimum absolute atomic E-state index is 0.00660. The second-order valence-corrected chi connectivity index (χ2v) is 7.89. The number of carbonyl (C=O) groups excluding carboxylic acids is 3. The van der Waals surface area contributed by atoms with Gasteiger partial charge in [0.25, 0.3) is 5.91 Å². The van der Waals surface area contributed by atoms with Crippen LogP contribution in [0.1, 0.15) is 28.8 Å². The van der Waals surface area contributed by atoms with Crippen LogP contribution in [0.3, 0.4) is 0 Å². The molecule has 0 bridgehead atoms. The summed E-state index contributed by atoms with van der Waals surface area (Å²) in [7, 11) is 0. The molecule has 6 nitrogen and oxygen atoms in total. The van der Waals surface area contributed by atoms with Crippen LogP contribution in [0.25, 0.3) is 0 Å². The van der Waals surface area contributed by atoms with E-state index in [2.05, 4.69) is 10.6 Å². The summed E-state index contributed by atoms with van der Waals surface area (Å²) in [5.41, 5.74) is 2.02. The van der Waals surface area contributed by atoms with Gasteiger partial charge in [-0.1, -0.05) is 35.3 Å². The van der Waals surface area contributed by atoms with Crippen molar-refractivity contribution in [3.05, 3.63) is 63.6 Å². The van der Waals surface area contributed by atoms with E-state index >= 15 is 0 Å². The van der Waals surface area contributed by atoms with E-state index in [4.69, 9.17) is 23.2 Å². The second-order valence-electron chi connectivity index (χ2n) is 7.02. The van der Waals surface area contributed by atoms with Crippen LogP contribution in [0.15, 0.2) is 42.5 Å². The number of benzene rings is 2. The lowest BCUT2D eigenvalue weighted by molar-refractivity contribution is -0.124. The monoisotopic (exact) mass is 433 g/mol. The van der Waals surface area contributed by atoms with Gasteiger partial charge >= 0.3 is 0 Å². The topological polar surface area (TPSA) is 78.5 Å². The Hall–Kier alpha value is -2.57. The van der Waals surface area contributed by atoms with Crippen LogP contribution in [0, 0.1) is 6.92 Å². The first-order valence-electron chi connectivity index (χ1n) is 9.22. The number of rotatable bonds is 7. The molecule has 0 atom stereocenters. The van der Waals surface area contributed by atoms with Crippen LogP contribution in [0.5, 0.6) is 0 Å². The zero-order valence-electron chi connectivity index (χ0n) is 15.9. The fraction of sp³-hybridized carbons (Fsp3) is 0.286. The van der Waals surface area contributed by atoms with Crippen molar-refractivity contribution < 1.29 is 14.4 Å². The number of carbonyl (C=O) groups is 3. The Bertz CT molecular complexity index is 924. The smallest absolute Gasteiger partial charge is 0.254 e. The van der Waals surface area contributed by atoms with E-state index in [1.807, 2.05) is 25.1 Å². The summed E-state index contributed by atoms with van der Waals surface area (Å²) < 4.78 is 0. The van der Waals surface area contributed by atoms with E-state index in [1.165, 1.54) is 17.0 Å². The molecule has 0 saturated heterocycles. The molecule has 1 saturated carbocycles. The van der Waals surface area contributed by atoms with Crippen LogP contribution in [0.4, 0.5) is 5.69 Å². The van der Waals surface area contributed by atoms with Crippen molar-refractivity contribution in [1.29, 1.82) is 0 Å². The van der Waals surface area contributed by atoms with Crippen molar-refractivity contribution in [1.82, 2.24) is 10.2 Å². The summed E-state index contributed by atoms with van der Waals surface area (Å²) in [6.45, 7) is 1.61. The molecule has 0 unspecified atom stereocenters. The van der Waals surface area contributed by atoms with Gasteiger partial charge in [-0.15, -0.1) is 0 Å². The largest absolute Gasteiger partial charge is 0.345 e. The van der Waals surface area contributed by atoms with Gasteiger partial charge in [0.1, 0.15) is 6.54 Å². The third-order valence-electron chi connectivity index (χ3n) is 4.42. The first-order valence-corrected chi connectivity index (χ1v) is 9.97. The molecule has 2 aromatic rings. The van der Waals surface area contributed by atoms with E-state index in [0.29, 0.717) is 21.3 Å². The number of anilines is 1. The molecular weight excluding hydrogens is 413 g/mol. The molecule has 3 rings (SSSR count). The predicted octanol–water partition coefficient (Wildman–Crippen LogP) is 3.66. The number of amides is 3. The van der Waals surface area contributed by atoms with Gasteiger partial charge in [-0.3, -0.25) is 14.4 Å². The van der Waals surface area contributed by atoms with E-state index in [0.717, 1.165) is 18.4 Å². The molecule has 0 radical (unpaired) electrons. The van der Waals surface area contributed by atoms with Crippen molar-refractivity contribution in [2.24, 2.45) is 0 Å². The van der Waals surface area contributed by atoms with Gasteiger partial charge in [-0.25, -0.2) is 0 Å². The molecule has 8 heteroatoms. The first-order chi connectivity index (χ1) is 13.8. The molecular formula is C21H21Cl2N3O3. The normalized spacial score (nSPS) is 12.9. The summed E-state index contributed by atoms with van der Waals surface area (Å²) in [5.74, 6) is -1.05. The predicted molar refractivity (Wildman–Crippen MR) is 113 cm³/mol. The molecule has 0 aromatic heterocycles. The fourth-order valence-electron chi connectivity index (χ4n) is 2.91. The molecule has 0 spiro atoms. The highest BCUT2D eigenvalue weighted by atomic mass is 35.5. The van der Waals surface area contributed by atoms with Crippen molar-refractivity contribution in [3.8, 4) is 0 Å². The van der Waals surface area contributed by atoms with E-state index < -0.39 is 5.91 Å². The summed E-state index contributed by atoms with van der Waals surface area (Å²) in [6, 6.07) is 12.0. The number of aryl methyl sites for hydroxylation is 1. The quantitative estimate of drug-likeness (QED) is 0.698. The van der Waals surface area contributed by atoms with E-state index in [1.54, 1.807) is 12.1 Å². The Labute approximate surface area is 179 Å². The van der Waals surface area contributed by atoms with Crippen LogP contribution in [-0.4, -0.2) is 41.8 Å². The van der Waals surface area contributed by atoms with Gasteiger partial charge in [-0.05, 0) is 55.7 Å². The molecule has 3 amide bonds. The van der Waals surface area contributed by atoms with Gasteiger partial charge in [0, 0.05) is 27.3 Å². The second kappa shape index (κ2) is 9.29. The van der Waals surface area contributed by atoms with Gasteiger partial charge in [0.15, 0.2) is 0 Å². The molecule has 1 aliphatic carbocycles. The lowest BCUT2D eigenvalue weighted by Gasteiger charge is -2.22. The molecule has 29 heavy (non-hydrogen) atoms. The summed E-state index contributed by atoms with van der Waals surface area (Å²) in [6.07, 6.45) is 1.67. The maximum atomic E-state index is 12.8. The highest BCUT2D eigenvalue weighted by molar-refractivity contribution is 6.35. The van der Waals surface area contributed by atoms with Crippen LogP contribution in [-0.2, 0) is 9.59 Å².